The molecule has 0 unspecified atom stereocenters. The minimum atomic E-state index is 1.06. The molecule has 0 saturated carbocycles. The van der Waals surface area contributed by atoms with Crippen LogP contribution < -0.4 is 4.90 Å². The molecule has 5 nitrogen and oxygen atoms in total. The second-order valence-corrected chi connectivity index (χ2v) is 5.45. The molecule has 2 aliphatic heterocycles. The summed E-state index contributed by atoms with van der Waals surface area (Å²) < 4.78 is 0. The minimum absolute atomic E-state index is 1.06. The fourth-order valence-electron chi connectivity index (χ4n) is 2.96. The van der Waals surface area contributed by atoms with Gasteiger partial charge in [-0.15, -0.1) is 0 Å². The van der Waals surface area contributed by atoms with Crippen LogP contribution in [0.1, 0.15) is 12.8 Å². The van der Waals surface area contributed by atoms with Crippen molar-refractivity contribution < 1.29 is 0 Å². The Kier molecular flexibility index (Phi) is 4.25. The SMILES string of the molecule is c1cc(N2CCN(CCN3CCCC3)CC2)ncn1. The number of anilines is 1. The molecule has 19 heavy (non-hydrogen) atoms. The summed E-state index contributed by atoms with van der Waals surface area (Å²) in [5.41, 5.74) is 0. The molecule has 2 saturated heterocycles. The van der Waals surface area contributed by atoms with E-state index in [0.717, 1.165) is 32.0 Å². The summed E-state index contributed by atoms with van der Waals surface area (Å²) in [6.45, 7) is 9.54. The smallest absolute Gasteiger partial charge is 0.131 e. The van der Waals surface area contributed by atoms with E-state index in [9.17, 15) is 0 Å². The molecule has 0 radical (unpaired) electrons. The second kappa shape index (κ2) is 6.30. The molecule has 3 rings (SSSR count). The Morgan fingerprint density at radius 3 is 2.21 bits per heavy atom. The molecule has 0 aliphatic carbocycles. The second-order valence-electron chi connectivity index (χ2n) is 5.45. The van der Waals surface area contributed by atoms with E-state index in [2.05, 4.69) is 24.7 Å². The highest BCUT2D eigenvalue weighted by Gasteiger charge is 2.19. The predicted octanol–water partition coefficient (Wildman–Crippen LogP) is 0.694. The molecule has 0 atom stereocenters. The molecule has 0 N–H and O–H groups in total. The van der Waals surface area contributed by atoms with Gasteiger partial charge in [-0.3, -0.25) is 4.90 Å². The summed E-state index contributed by atoms with van der Waals surface area (Å²) in [4.78, 5) is 15.8. The van der Waals surface area contributed by atoms with Crippen LogP contribution in [0.3, 0.4) is 0 Å². The van der Waals surface area contributed by atoms with Crippen LogP contribution in [0.2, 0.25) is 0 Å². The van der Waals surface area contributed by atoms with Crippen LogP contribution in [0.15, 0.2) is 18.6 Å². The van der Waals surface area contributed by atoms with Gasteiger partial charge in [0.25, 0.3) is 0 Å². The fourth-order valence-corrected chi connectivity index (χ4v) is 2.96. The molecule has 1 aromatic rings. The van der Waals surface area contributed by atoms with E-state index in [1.807, 2.05) is 12.3 Å². The average molecular weight is 261 g/mol. The first-order valence-electron chi connectivity index (χ1n) is 7.37. The fraction of sp³-hybridized carbons (Fsp3) is 0.714. The molecular weight excluding hydrogens is 238 g/mol. The van der Waals surface area contributed by atoms with E-state index >= 15 is 0 Å². The minimum Gasteiger partial charge on any atom is -0.354 e. The predicted molar refractivity (Wildman–Crippen MR) is 76.4 cm³/mol. The van der Waals surface area contributed by atoms with Crippen LogP contribution in [0.4, 0.5) is 5.82 Å². The maximum absolute atomic E-state index is 4.32. The molecule has 0 aromatic carbocycles. The Bertz CT molecular complexity index is 369. The van der Waals surface area contributed by atoms with Gasteiger partial charge in [-0.1, -0.05) is 0 Å². The zero-order valence-corrected chi connectivity index (χ0v) is 11.5. The molecule has 0 spiro atoms. The van der Waals surface area contributed by atoms with Crippen molar-refractivity contribution >= 4 is 5.82 Å². The van der Waals surface area contributed by atoms with Crippen molar-refractivity contribution in [2.75, 3.05) is 57.3 Å². The molecule has 0 amide bonds. The van der Waals surface area contributed by atoms with E-state index in [0.29, 0.717) is 0 Å². The Balaban J connectivity index is 1.42. The number of likely N-dealkylation sites (tertiary alicyclic amines) is 1. The lowest BCUT2D eigenvalue weighted by molar-refractivity contribution is 0.215. The van der Waals surface area contributed by atoms with Gasteiger partial charge in [0.15, 0.2) is 0 Å². The largest absolute Gasteiger partial charge is 0.354 e. The Morgan fingerprint density at radius 1 is 0.895 bits per heavy atom. The van der Waals surface area contributed by atoms with E-state index in [1.165, 1.54) is 39.0 Å². The standard InChI is InChI=1S/C14H23N5/c1-2-6-17(5-1)7-8-18-9-11-19(12-10-18)14-3-4-15-13-16-14/h3-4,13H,1-2,5-12H2. The van der Waals surface area contributed by atoms with Gasteiger partial charge in [0.05, 0.1) is 0 Å². The highest BCUT2D eigenvalue weighted by atomic mass is 15.3. The van der Waals surface area contributed by atoms with Gasteiger partial charge in [0.2, 0.25) is 0 Å². The molecule has 2 aliphatic rings. The molecule has 5 heteroatoms. The summed E-state index contributed by atoms with van der Waals surface area (Å²) in [6, 6.07) is 2.00. The first kappa shape index (κ1) is 12.8. The van der Waals surface area contributed by atoms with E-state index in [-0.39, 0.29) is 0 Å². The summed E-state index contributed by atoms with van der Waals surface area (Å²) in [5.74, 6) is 1.06. The van der Waals surface area contributed by atoms with Crippen molar-refractivity contribution in [1.29, 1.82) is 0 Å². The third kappa shape index (κ3) is 3.42. The highest BCUT2D eigenvalue weighted by molar-refractivity contribution is 5.36. The van der Waals surface area contributed by atoms with E-state index in [1.54, 1.807) is 6.33 Å². The molecule has 1 aromatic heterocycles. The van der Waals surface area contributed by atoms with E-state index < -0.39 is 0 Å². The maximum Gasteiger partial charge on any atom is 0.131 e. The number of hydrogen-bond donors (Lipinski definition) is 0. The van der Waals surface area contributed by atoms with Crippen LogP contribution in [0, 0.1) is 0 Å². The number of aromatic nitrogens is 2. The number of nitrogens with zero attached hydrogens (tertiary/aromatic N) is 5. The van der Waals surface area contributed by atoms with Crippen molar-refractivity contribution in [2.24, 2.45) is 0 Å². The highest BCUT2D eigenvalue weighted by Crippen LogP contribution is 2.12. The topological polar surface area (TPSA) is 35.5 Å². The lowest BCUT2D eigenvalue weighted by Crippen LogP contribution is -2.48. The molecule has 3 heterocycles. The van der Waals surface area contributed by atoms with Gasteiger partial charge in [0, 0.05) is 45.5 Å². The first-order chi connectivity index (χ1) is 9.42. The number of hydrogen-bond acceptors (Lipinski definition) is 5. The molecular formula is C14H23N5. The third-order valence-corrected chi connectivity index (χ3v) is 4.19. The van der Waals surface area contributed by atoms with Crippen molar-refractivity contribution in [2.45, 2.75) is 12.8 Å². The van der Waals surface area contributed by atoms with Crippen molar-refractivity contribution in [3.05, 3.63) is 18.6 Å². The monoisotopic (exact) mass is 261 g/mol. The van der Waals surface area contributed by atoms with Crippen molar-refractivity contribution in [1.82, 2.24) is 19.8 Å². The van der Waals surface area contributed by atoms with Crippen LogP contribution in [0.5, 0.6) is 0 Å². The van der Waals surface area contributed by atoms with Gasteiger partial charge < -0.3 is 9.80 Å². The zero-order valence-electron chi connectivity index (χ0n) is 11.5. The van der Waals surface area contributed by atoms with Gasteiger partial charge in [-0.25, -0.2) is 9.97 Å². The average Bonchev–Trinajstić information content (AvgIpc) is 3.00. The maximum atomic E-state index is 4.32. The van der Waals surface area contributed by atoms with Gasteiger partial charge in [0.1, 0.15) is 12.1 Å². The molecule has 0 bridgehead atoms. The normalized spacial score (nSPS) is 22.0. The lowest BCUT2D eigenvalue weighted by Gasteiger charge is -2.35. The van der Waals surface area contributed by atoms with Crippen LogP contribution in [0.25, 0.3) is 0 Å². The third-order valence-electron chi connectivity index (χ3n) is 4.19. The summed E-state index contributed by atoms with van der Waals surface area (Å²) in [5, 5.41) is 0. The molecule has 2 fully saturated rings. The number of rotatable bonds is 4. The van der Waals surface area contributed by atoms with Crippen LogP contribution in [-0.2, 0) is 0 Å². The van der Waals surface area contributed by atoms with Gasteiger partial charge in [-0.2, -0.15) is 0 Å². The first-order valence-corrected chi connectivity index (χ1v) is 7.37. The quantitative estimate of drug-likeness (QED) is 0.797. The number of piperazine rings is 1. The van der Waals surface area contributed by atoms with Crippen molar-refractivity contribution in [3.63, 3.8) is 0 Å². The Labute approximate surface area is 115 Å². The van der Waals surface area contributed by atoms with Crippen molar-refractivity contribution in [3.8, 4) is 0 Å². The molecule has 104 valence electrons. The summed E-state index contributed by atoms with van der Waals surface area (Å²) in [6.07, 6.45) is 6.24. The Hall–Kier alpha value is -1.20. The van der Waals surface area contributed by atoms with Gasteiger partial charge in [-0.05, 0) is 32.0 Å². The van der Waals surface area contributed by atoms with Crippen LogP contribution in [-0.4, -0.2) is 72.1 Å². The zero-order chi connectivity index (χ0) is 12.9. The van der Waals surface area contributed by atoms with Crippen LogP contribution >= 0.6 is 0 Å². The van der Waals surface area contributed by atoms with E-state index in [4.69, 9.17) is 0 Å². The summed E-state index contributed by atoms with van der Waals surface area (Å²) in [7, 11) is 0. The summed E-state index contributed by atoms with van der Waals surface area (Å²) >= 11 is 0. The Morgan fingerprint density at radius 2 is 1.58 bits per heavy atom. The lowest BCUT2D eigenvalue weighted by atomic mass is 10.3. The van der Waals surface area contributed by atoms with Gasteiger partial charge >= 0.3 is 0 Å².